The first-order valence-corrected chi connectivity index (χ1v) is 6.41. The maximum Gasteiger partial charge on any atom is 0.310 e. The largest absolute Gasteiger partial charge is 0.481 e. The molecule has 0 aromatic carbocycles. The van der Waals surface area contributed by atoms with Crippen molar-refractivity contribution in [3.05, 3.63) is 0 Å². The molecular weight excluding hydrogens is 250 g/mol. The number of rotatable bonds is 10. The van der Waals surface area contributed by atoms with Gasteiger partial charge < -0.3 is 19.9 Å². The lowest BCUT2D eigenvalue weighted by molar-refractivity contribution is -0.153. The van der Waals surface area contributed by atoms with Gasteiger partial charge in [-0.05, 0) is 12.8 Å². The Morgan fingerprint density at radius 1 is 1.26 bits per heavy atom. The first-order chi connectivity index (χ1) is 8.84. The number of aliphatic carboxylic acids is 1. The van der Waals surface area contributed by atoms with Crippen molar-refractivity contribution in [3.8, 4) is 0 Å². The van der Waals surface area contributed by atoms with E-state index < -0.39 is 11.4 Å². The van der Waals surface area contributed by atoms with Gasteiger partial charge in [-0.1, -0.05) is 13.8 Å². The third-order valence-electron chi connectivity index (χ3n) is 3.29. The molecule has 0 aromatic heterocycles. The van der Waals surface area contributed by atoms with E-state index in [9.17, 15) is 14.7 Å². The minimum atomic E-state index is -1.04. The highest BCUT2D eigenvalue weighted by Gasteiger charge is 2.38. The van der Waals surface area contributed by atoms with Gasteiger partial charge in [0.1, 0.15) is 0 Å². The van der Waals surface area contributed by atoms with E-state index in [0.717, 1.165) is 0 Å². The van der Waals surface area contributed by atoms with Crippen LogP contribution in [0, 0.1) is 11.3 Å². The molecular formula is C13H25NO5. The number of ether oxygens (including phenoxy) is 2. The van der Waals surface area contributed by atoms with Crippen LogP contribution in [0.3, 0.4) is 0 Å². The number of carbonyl (C=O) groups is 2. The van der Waals surface area contributed by atoms with Gasteiger partial charge in [-0.15, -0.1) is 0 Å². The van der Waals surface area contributed by atoms with Crippen LogP contribution in [-0.2, 0) is 19.1 Å². The standard InChI is InChI=1S/C13H25NO5/c1-10(2)13(3,12(16)17)9-11(15)14-5-6-19-8-7-18-4/h10H,5-9H2,1-4H3,(H,14,15)(H,16,17). The van der Waals surface area contributed by atoms with Gasteiger partial charge in [0.05, 0.1) is 25.2 Å². The summed E-state index contributed by atoms with van der Waals surface area (Å²) in [6.45, 7) is 6.94. The van der Waals surface area contributed by atoms with Gasteiger partial charge in [-0.25, -0.2) is 0 Å². The summed E-state index contributed by atoms with van der Waals surface area (Å²) in [6.07, 6.45) is -0.0297. The van der Waals surface area contributed by atoms with E-state index in [0.29, 0.717) is 26.4 Å². The quantitative estimate of drug-likeness (QED) is 0.579. The summed E-state index contributed by atoms with van der Waals surface area (Å²) >= 11 is 0. The van der Waals surface area contributed by atoms with Crippen LogP contribution in [-0.4, -0.2) is 50.5 Å². The molecule has 19 heavy (non-hydrogen) atoms. The molecule has 0 heterocycles. The number of hydrogen-bond donors (Lipinski definition) is 2. The molecule has 6 heteroatoms. The van der Waals surface area contributed by atoms with Crippen LogP contribution in [0.25, 0.3) is 0 Å². The van der Waals surface area contributed by atoms with Crippen LogP contribution in [0.1, 0.15) is 27.2 Å². The molecule has 0 aromatic rings. The fraction of sp³-hybridized carbons (Fsp3) is 0.846. The fourth-order valence-corrected chi connectivity index (χ4v) is 1.43. The maximum absolute atomic E-state index is 11.7. The van der Waals surface area contributed by atoms with Crippen LogP contribution >= 0.6 is 0 Å². The van der Waals surface area contributed by atoms with E-state index in [2.05, 4.69) is 5.32 Å². The van der Waals surface area contributed by atoms with Gasteiger partial charge in [0.2, 0.25) is 5.91 Å². The van der Waals surface area contributed by atoms with E-state index in [1.54, 1.807) is 27.9 Å². The fourth-order valence-electron chi connectivity index (χ4n) is 1.43. The monoisotopic (exact) mass is 275 g/mol. The SMILES string of the molecule is COCCOCCNC(=O)CC(C)(C(=O)O)C(C)C. The number of methoxy groups -OCH3 is 1. The number of amides is 1. The third kappa shape index (κ3) is 6.54. The Hall–Kier alpha value is -1.14. The summed E-state index contributed by atoms with van der Waals surface area (Å²) in [6, 6.07) is 0. The molecule has 112 valence electrons. The Balaban J connectivity index is 3.99. The highest BCUT2D eigenvalue weighted by Crippen LogP contribution is 2.31. The summed E-state index contributed by atoms with van der Waals surface area (Å²) < 4.78 is 10.0. The summed E-state index contributed by atoms with van der Waals surface area (Å²) in [5.41, 5.74) is -1.04. The molecule has 2 N–H and O–H groups in total. The zero-order valence-electron chi connectivity index (χ0n) is 12.2. The zero-order valence-corrected chi connectivity index (χ0v) is 12.2. The van der Waals surface area contributed by atoms with Crippen molar-refractivity contribution in [1.29, 1.82) is 0 Å². The van der Waals surface area contributed by atoms with Gasteiger partial charge in [-0.2, -0.15) is 0 Å². The molecule has 0 saturated carbocycles. The lowest BCUT2D eigenvalue weighted by Gasteiger charge is -2.28. The van der Waals surface area contributed by atoms with Gasteiger partial charge in [-0.3, -0.25) is 9.59 Å². The molecule has 0 aliphatic carbocycles. The van der Waals surface area contributed by atoms with Crippen LogP contribution in [0.15, 0.2) is 0 Å². The first-order valence-electron chi connectivity index (χ1n) is 6.41. The Morgan fingerprint density at radius 2 is 1.89 bits per heavy atom. The van der Waals surface area contributed by atoms with Gasteiger partial charge in [0.15, 0.2) is 0 Å². The second-order valence-corrected chi connectivity index (χ2v) is 5.01. The lowest BCUT2D eigenvalue weighted by Crippen LogP contribution is -2.39. The van der Waals surface area contributed by atoms with Crippen LogP contribution in [0.2, 0.25) is 0 Å². The third-order valence-corrected chi connectivity index (χ3v) is 3.29. The minimum Gasteiger partial charge on any atom is -0.481 e. The minimum absolute atomic E-state index is 0.0297. The van der Waals surface area contributed by atoms with E-state index in [-0.39, 0.29) is 18.2 Å². The van der Waals surface area contributed by atoms with Gasteiger partial charge in [0, 0.05) is 20.1 Å². The van der Waals surface area contributed by atoms with Crippen molar-refractivity contribution in [3.63, 3.8) is 0 Å². The molecule has 0 aliphatic heterocycles. The Kier molecular flexibility index (Phi) is 8.34. The molecule has 0 bridgehead atoms. The highest BCUT2D eigenvalue weighted by atomic mass is 16.5. The Bertz CT molecular complexity index is 293. The summed E-state index contributed by atoms with van der Waals surface area (Å²) in [5, 5.41) is 11.9. The molecule has 0 rings (SSSR count). The molecule has 1 atom stereocenters. The van der Waals surface area contributed by atoms with Crippen molar-refractivity contribution in [2.45, 2.75) is 27.2 Å². The molecule has 1 unspecified atom stereocenters. The number of carbonyl (C=O) groups excluding carboxylic acids is 1. The van der Waals surface area contributed by atoms with Crippen LogP contribution < -0.4 is 5.32 Å². The zero-order chi connectivity index (χ0) is 14.9. The summed E-state index contributed by atoms with van der Waals surface area (Å²) in [7, 11) is 1.59. The van der Waals surface area contributed by atoms with Crippen molar-refractivity contribution in [2.75, 3.05) is 33.5 Å². The molecule has 6 nitrogen and oxygen atoms in total. The van der Waals surface area contributed by atoms with E-state index in [4.69, 9.17) is 9.47 Å². The molecule has 0 spiro atoms. The average molecular weight is 275 g/mol. The predicted octanol–water partition coefficient (Wildman–Crippen LogP) is 0.903. The second-order valence-electron chi connectivity index (χ2n) is 5.01. The Labute approximate surface area is 114 Å². The molecule has 0 saturated heterocycles. The van der Waals surface area contributed by atoms with Crippen molar-refractivity contribution >= 4 is 11.9 Å². The van der Waals surface area contributed by atoms with Crippen molar-refractivity contribution < 1.29 is 24.2 Å². The molecule has 0 aliphatic rings. The average Bonchev–Trinajstić information content (AvgIpc) is 2.32. The maximum atomic E-state index is 11.7. The normalized spacial score (nSPS) is 14.2. The van der Waals surface area contributed by atoms with Crippen molar-refractivity contribution in [1.82, 2.24) is 5.32 Å². The topological polar surface area (TPSA) is 84.9 Å². The molecule has 0 fully saturated rings. The smallest absolute Gasteiger partial charge is 0.310 e. The first kappa shape index (κ1) is 17.9. The van der Waals surface area contributed by atoms with Gasteiger partial charge >= 0.3 is 5.97 Å². The van der Waals surface area contributed by atoms with Crippen molar-refractivity contribution in [2.24, 2.45) is 11.3 Å². The summed E-state index contributed by atoms with van der Waals surface area (Å²) in [4.78, 5) is 22.9. The van der Waals surface area contributed by atoms with Gasteiger partial charge in [0.25, 0.3) is 0 Å². The van der Waals surface area contributed by atoms with E-state index >= 15 is 0 Å². The summed E-state index contributed by atoms with van der Waals surface area (Å²) in [5.74, 6) is -1.34. The molecule has 1 amide bonds. The number of carboxylic acid groups (broad SMARTS) is 1. The number of carboxylic acids is 1. The second kappa shape index (κ2) is 8.87. The van der Waals surface area contributed by atoms with Crippen LogP contribution in [0.4, 0.5) is 0 Å². The van der Waals surface area contributed by atoms with Crippen LogP contribution in [0.5, 0.6) is 0 Å². The van der Waals surface area contributed by atoms with E-state index in [1.165, 1.54) is 0 Å². The lowest BCUT2D eigenvalue weighted by atomic mass is 9.76. The predicted molar refractivity (Wildman–Crippen MR) is 70.9 cm³/mol. The highest BCUT2D eigenvalue weighted by molar-refractivity contribution is 5.84. The Morgan fingerprint density at radius 3 is 2.37 bits per heavy atom. The number of nitrogens with one attached hydrogen (secondary N) is 1. The number of hydrogen-bond acceptors (Lipinski definition) is 4. The molecule has 0 radical (unpaired) electrons. The van der Waals surface area contributed by atoms with E-state index in [1.807, 2.05) is 0 Å².